The zero-order valence-electron chi connectivity index (χ0n) is 9.71. The second-order valence-electron chi connectivity index (χ2n) is 4.00. The summed E-state index contributed by atoms with van der Waals surface area (Å²) >= 11 is 5.96. The van der Waals surface area contributed by atoms with Crippen LogP contribution in [0, 0.1) is 18.7 Å². The van der Waals surface area contributed by atoms with Gasteiger partial charge in [-0.25, -0.2) is 4.39 Å². The van der Waals surface area contributed by atoms with E-state index in [1.807, 2.05) is 0 Å². The van der Waals surface area contributed by atoms with Gasteiger partial charge in [0.2, 0.25) is 0 Å². The first-order chi connectivity index (χ1) is 7.88. The highest BCUT2D eigenvalue weighted by Gasteiger charge is 2.26. The van der Waals surface area contributed by atoms with Crippen molar-refractivity contribution in [2.75, 3.05) is 0 Å². The summed E-state index contributed by atoms with van der Waals surface area (Å²) in [4.78, 5) is 11.0. The minimum atomic E-state index is -1.00. The van der Waals surface area contributed by atoms with Gasteiger partial charge in [-0.2, -0.15) is 0 Å². The predicted octanol–water partition coefficient (Wildman–Crippen LogP) is 2.90. The fourth-order valence-corrected chi connectivity index (χ4v) is 2.06. The highest BCUT2D eigenvalue weighted by atomic mass is 35.5. The van der Waals surface area contributed by atoms with Gasteiger partial charge in [0, 0.05) is 11.1 Å². The van der Waals surface area contributed by atoms with E-state index < -0.39 is 23.7 Å². The lowest BCUT2D eigenvalue weighted by atomic mass is 9.91. The maximum atomic E-state index is 13.4. The van der Waals surface area contributed by atoms with Gasteiger partial charge >= 0.3 is 5.97 Å². The molecule has 0 aromatic heterocycles. The van der Waals surface area contributed by atoms with E-state index in [0.717, 1.165) is 0 Å². The summed E-state index contributed by atoms with van der Waals surface area (Å²) in [6.45, 7) is 3.31. The molecule has 94 valence electrons. The number of hydrogen-bond donors (Lipinski definition) is 2. The van der Waals surface area contributed by atoms with Crippen LogP contribution >= 0.6 is 11.6 Å². The molecule has 1 aromatic rings. The maximum absolute atomic E-state index is 13.4. The summed E-state index contributed by atoms with van der Waals surface area (Å²) in [5, 5.41) is 9.30. The zero-order valence-corrected chi connectivity index (χ0v) is 10.5. The fourth-order valence-electron chi connectivity index (χ4n) is 1.72. The number of halogens is 2. The van der Waals surface area contributed by atoms with E-state index in [1.54, 1.807) is 13.8 Å². The third kappa shape index (κ3) is 2.96. The van der Waals surface area contributed by atoms with E-state index in [9.17, 15) is 9.18 Å². The van der Waals surface area contributed by atoms with Crippen LogP contribution in [0.15, 0.2) is 12.1 Å². The number of carbonyl (C=O) groups is 1. The van der Waals surface area contributed by atoms with E-state index >= 15 is 0 Å². The van der Waals surface area contributed by atoms with Gasteiger partial charge in [0.05, 0.1) is 5.92 Å². The van der Waals surface area contributed by atoms with Crippen molar-refractivity contribution >= 4 is 17.6 Å². The lowest BCUT2D eigenvalue weighted by Crippen LogP contribution is -2.28. The molecule has 0 heterocycles. The average molecular weight is 260 g/mol. The Morgan fingerprint density at radius 3 is 2.65 bits per heavy atom. The molecule has 0 bridgehead atoms. The molecule has 2 atom stereocenters. The molecule has 0 aliphatic heterocycles. The number of carboxylic acids is 1. The normalized spacial score (nSPS) is 14.4. The smallest absolute Gasteiger partial charge is 0.308 e. The minimum absolute atomic E-state index is 0.302. The summed E-state index contributed by atoms with van der Waals surface area (Å²) in [5.74, 6) is -2.20. The Morgan fingerprint density at radius 1 is 1.59 bits per heavy atom. The van der Waals surface area contributed by atoms with Gasteiger partial charge < -0.3 is 10.8 Å². The van der Waals surface area contributed by atoms with Crippen LogP contribution in [0.4, 0.5) is 4.39 Å². The molecule has 3 nitrogen and oxygen atoms in total. The van der Waals surface area contributed by atoms with Gasteiger partial charge in [-0.1, -0.05) is 18.5 Å². The number of carboxylic acid groups (broad SMARTS) is 1. The third-order valence-electron chi connectivity index (χ3n) is 2.83. The van der Waals surface area contributed by atoms with E-state index in [0.29, 0.717) is 22.6 Å². The van der Waals surface area contributed by atoms with Crippen molar-refractivity contribution in [3.63, 3.8) is 0 Å². The van der Waals surface area contributed by atoms with Crippen LogP contribution < -0.4 is 5.73 Å². The SMILES string of the molecule is CCC(C(=O)O)C(N)c1cc(F)c(C)cc1Cl. The van der Waals surface area contributed by atoms with Crippen LogP contribution in [0.25, 0.3) is 0 Å². The summed E-state index contributed by atoms with van der Waals surface area (Å²) < 4.78 is 13.4. The molecule has 1 aromatic carbocycles. The standard InChI is InChI=1S/C12H15ClFNO2/c1-3-7(12(16)17)11(15)8-5-10(14)6(2)4-9(8)13/h4-5,7,11H,3,15H2,1-2H3,(H,16,17). The van der Waals surface area contributed by atoms with Crippen LogP contribution in [0.1, 0.15) is 30.5 Å². The monoisotopic (exact) mass is 259 g/mol. The van der Waals surface area contributed by atoms with Crippen LogP contribution in [0.5, 0.6) is 0 Å². The number of nitrogens with two attached hydrogens (primary N) is 1. The summed E-state index contributed by atoms with van der Waals surface area (Å²) in [6.07, 6.45) is 0.363. The van der Waals surface area contributed by atoms with Crippen LogP contribution in [0.2, 0.25) is 5.02 Å². The van der Waals surface area contributed by atoms with E-state index in [4.69, 9.17) is 22.4 Å². The van der Waals surface area contributed by atoms with Crippen molar-refractivity contribution in [2.24, 2.45) is 11.7 Å². The van der Waals surface area contributed by atoms with E-state index in [1.165, 1.54) is 12.1 Å². The Balaban J connectivity index is 3.15. The molecule has 0 fully saturated rings. The van der Waals surface area contributed by atoms with Crippen LogP contribution in [0.3, 0.4) is 0 Å². The van der Waals surface area contributed by atoms with Crippen molar-refractivity contribution in [1.82, 2.24) is 0 Å². The van der Waals surface area contributed by atoms with Gasteiger partial charge in [0.25, 0.3) is 0 Å². The largest absolute Gasteiger partial charge is 0.481 e. The van der Waals surface area contributed by atoms with Gasteiger partial charge in [0.1, 0.15) is 5.82 Å². The number of rotatable bonds is 4. The van der Waals surface area contributed by atoms with Crippen LogP contribution in [-0.2, 0) is 4.79 Å². The second-order valence-corrected chi connectivity index (χ2v) is 4.41. The molecule has 3 N–H and O–H groups in total. The second kappa shape index (κ2) is 5.47. The average Bonchev–Trinajstić information content (AvgIpc) is 2.23. The first-order valence-electron chi connectivity index (χ1n) is 5.32. The van der Waals surface area contributed by atoms with Crippen molar-refractivity contribution in [2.45, 2.75) is 26.3 Å². The molecule has 1 rings (SSSR count). The summed E-state index contributed by atoms with van der Waals surface area (Å²) in [5.41, 5.74) is 6.59. The fraction of sp³-hybridized carbons (Fsp3) is 0.417. The van der Waals surface area contributed by atoms with E-state index in [2.05, 4.69) is 0 Å². The minimum Gasteiger partial charge on any atom is -0.481 e. The van der Waals surface area contributed by atoms with Gasteiger partial charge in [-0.15, -0.1) is 0 Å². The Labute approximate surface area is 104 Å². The number of benzene rings is 1. The molecular formula is C12H15ClFNO2. The van der Waals surface area contributed by atoms with Gasteiger partial charge in [-0.3, -0.25) is 4.79 Å². The highest BCUT2D eigenvalue weighted by Crippen LogP contribution is 2.30. The third-order valence-corrected chi connectivity index (χ3v) is 3.15. The molecule has 0 saturated carbocycles. The quantitative estimate of drug-likeness (QED) is 0.874. The molecule has 0 aliphatic rings. The first kappa shape index (κ1) is 13.9. The predicted molar refractivity (Wildman–Crippen MR) is 64.5 cm³/mol. The molecule has 0 saturated heterocycles. The number of aryl methyl sites for hydroxylation is 1. The lowest BCUT2D eigenvalue weighted by Gasteiger charge is -2.20. The molecular weight excluding hydrogens is 245 g/mol. The molecule has 2 unspecified atom stereocenters. The van der Waals surface area contributed by atoms with Crippen LogP contribution in [-0.4, -0.2) is 11.1 Å². The Kier molecular flexibility index (Phi) is 4.48. The Bertz CT molecular complexity index is 437. The molecule has 5 heteroatoms. The first-order valence-corrected chi connectivity index (χ1v) is 5.70. The van der Waals surface area contributed by atoms with Crippen molar-refractivity contribution in [1.29, 1.82) is 0 Å². The Morgan fingerprint density at radius 2 is 2.18 bits per heavy atom. The lowest BCUT2D eigenvalue weighted by molar-refractivity contribution is -0.142. The van der Waals surface area contributed by atoms with Crippen molar-refractivity contribution < 1.29 is 14.3 Å². The number of aliphatic carboxylic acids is 1. The molecule has 17 heavy (non-hydrogen) atoms. The topological polar surface area (TPSA) is 63.3 Å². The molecule has 0 aliphatic carbocycles. The number of hydrogen-bond acceptors (Lipinski definition) is 2. The maximum Gasteiger partial charge on any atom is 0.308 e. The summed E-state index contributed by atoms with van der Waals surface area (Å²) in [7, 11) is 0. The van der Waals surface area contributed by atoms with Crippen molar-refractivity contribution in [3.8, 4) is 0 Å². The molecule has 0 spiro atoms. The van der Waals surface area contributed by atoms with Gasteiger partial charge in [0.15, 0.2) is 0 Å². The van der Waals surface area contributed by atoms with Crippen molar-refractivity contribution in [3.05, 3.63) is 34.1 Å². The molecule has 0 radical (unpaired) electrons. The summed E-state index contributed by atoms with van der Waals surface area (Å²) in [6, 6.07) is 1.87. The highest BCUT2D eigenvalue weighted by molar-refractivity contribution is 6.31. The van der Waals surface area contributed by atoms with Gasteiger partial charge in [-0.05, 0) is 36.6 Å². The molecule has 0 amide bonds. The Hall–Kier alpha value is -1.13. The zero-order chi connectivity index (χ0) is 13.2. The van der Waals surface area contributed by atoms with E-state index in [-0.39, 0.29) is 0 Å².